The molecule has 0 aliphatic carbocycles. The van der Waals surface area contributed by atoms with Gasteiger partial charge in [-0.3, -0.25) is 4.18 Å². The van der Waals surface area contributed by atoms with Crippen LogP contribution in [0.5, 0.6) is 0 Å². The van der Waals surface area contributed by atoms with E-state index >= 15 is 0 Å². The summed E-state index contributed by atoms with van der Waals surface area (Å²) in [6, 6.07) is 0. The van der Waals surface area contributed by atoms with Gasteiger partial charge in [0.25, 0.3) is 0 Å². The first kappa shape index (κ1) is 14.8. The van der Waals surface area contributed by atoms with Crippen molar-refractivity contribution in [2.75, 3.05) is 13.7 Å². The van der Waals surface area contributed by atoms with E-state index in [0.717, 1.165) is 7.11 Å². The molecule has 0 spiro atoms. The molecule has 0 amide bonds. The normalized spacial score (nSPS) is 12.3. The van der Waals surface area contributed by atoms with E-state index in [1.807, 2.05) is 0 Å². The van der Waals surface area contributed by atoms with Crippen molar-refractivity contribution < 1.29 is 25.8 Å². The van der Waals surface area contributed by atoms with Crippen LogP contribution >= 0.6 is 0 Å². The fourth-order valence-corrected chi connectivity index (χ4v) is 0.687. The summed E-state index contributed by atoms with van der Waals surface area (Å²) in [4.78, 5) is 0. The van der Waals surface area contributed by atoms with Crippen LogP contribution in [0, 0.1) is 0 Å². The van der Waals surface area contributed by atoms with Crippen molar-refractivity contribution in [2.45, 2.75) is 6.18 Å². The Morgan fingerprint density at radius 2 is 1.83 bits per heavy atom. The minimum atomic E-state index is -4.56. The molecule has 0 saturated carbocycles. The van der Waals surface area contributed by atoms with Crippen LogP contribution in [-0.4, -0.2) is 47.1 Å². The summed E-state index contributed by atoms with van der Waals surface area (Å²) in [7, 11) is -3.46. The summed E-state index contributed by atoms with van der Waals surface area (Å²) in [6.07, 6.45) is -4.56. The SMILES string of the molecule is COS(=O)(=O)NCC(F)(F)F.[Li]. The Morgan fingerprint density at radius 1 is 1.42 bits per heavy atom. The average Bonchev–Trinajstić information content (AvgIpc) is 1.83. The molecule has 9 heteroatoms. The Morgan fingerprint density at radius 3 is 2.08 bits per heavy atom. The van der Waals surface area contributed by atoms with Crippen LogP contribution in [0.4, 0.5) is 13.2 Å². The van der Waals surface area contributed by atoms with Crippen molar-refractivity contribution in [1.29, 1.82) is 0 Å². The molecule has 0 aliphatic heterocycles. The third kappa shape index (κ3) is 8.35. The van der Waals surface area contributed by atoms with E-state index in [9.17, 15) is 21.6 Å². The van der Waals surface area contributed by atoms with Crippen molar-refractivity contribution in [3.8, 4) is 0 Å². The number of rotatable bonds is 3. The van der Waals surface area contributed by atoms with Crippen LogP contribution in [-0.2, 0) is 14.5 Å². The van der Waals surface area contributed by atoms with Crippen LogP contribution in [0.3, 0.4) is 0 Å². The maximum Gasteiger partial charge on any atom is 0.402 e. The average molecular weight is 200 g/mol. The number of hydrogen-bond donors (Lipinski definition) is 1. The van der Waals surface area contributed by atoms with Gasteiger partial charge in [0.15, 0.2) is 0 Å². The molecule has 1 N–H and O–H groups in total. The molecule has 12 heavy (non-hydrogen) atoms. The van der Waals surface area contributed by atoms with E-state index in [1.54, 1.807) is 0 Å². The molecule has 0 fully saturated rings. The van der Waals surface area contributed by atoms with E-state index in [-0.39, 0.29) is 18.9 Å². The Hall–Kier alpha value is 0.257. The van der Waals surface area contributed by atoms with Gasteiger partial charge < -0.3 is 0 Å². The molecule has 69 valence electrons. The van der Waals surface area contributed by atoms with Gasteiger partial charge in [0.05, 0.1) is 7.11 Å². The summed E-state index contributed by atoms with van der Waals surface area (Å²) in [5.41, 5.74) is 0. The topological polar surface area (TPSA) is 55.4 Å². The zero-order chi connectivity index (χ0) is 9.12. The predicted molar refractivity (Wildman–Crippen MR) is 35.7 cm³/mol. The molecule has 0 aliphatic rings. The smallest absolute Gasteiger partial charge is 0.261 e. The van der Waals surface area contributed by atoms with Crippen molar-refractivity contribution in [1.82, 2.24) is 4.72 Å². The number of halogens is 3. The van der Waals surface area contributed by atoms with Crippen molar-refractivity contribution in [3.05, 3.63) is 0 Å². The number of hydrogen-bond acceptors (Lipinski definition) is 3. The van der Waals surface area contributed by atoms with Gasteiger partial charge in [-0.1, -0.05) is 0 Å². The van der Waals surface area contributed by atoms with Gasteiger partial charge in [-0.05, 0) is 0 Å². The van der Waals surface area contributed by atoms with Gasteiger partial charge in [-0.25, -0.2) is 0 Å². The second-order valence-corrected chi connectivity index (χ2v) is 3.09. The largest absolute Gasteiger partial charge is 0.402 e. The quantitative estimate of drug-likeness (QED) is 0.633. The first-order valence-electron chi connectivity index (χ1n) is 2.39. The molecular formula is C3H6F3LiNO3S. The summed E-state index contributed by atoms with van der Waals surface area (Å²) < 4.78 is 59.3. The second-order valence-electron chi connectivity index (χ2n) is 1.56. The molecule has 0 heterocycles. The van der Waals surface area contributed by atoms with E-state index in [0.29, 0.717) is 0 Å². The third-order valence-corrected chi connectivity index (χ3v) is 1.61. The Kier molecular flexibility index (Phi) is 6.26. The van der Waals surface area contributed by atoms with Crippen LogP contribution in [0.15, 0.2) is 0 Å². The molecule has 0 aromatic rings. The van der Waals surface area contributed by atoms with E-state index in [2.05, 4.69) is 4.18 Å². The molecule has 0 aromatic carbocycles. The monoisotopic (exact) mass is 200 g/mol. The van der Waals surface area contributed by atoms with Gasteiger partial charge in [0, 0.05) is 18.9 Å². The Labute approximate surface area is 79.9 Å². The summed E-state index contributed by atoms with van der Waals surface area (Å²) in [6.45, 7) is -1.62. The molecule has 0 bridgehead atoms. The number of alkyl halides is 3. The molecule has 1 radical (unpaired) electrons. The van der Waals surface area contributed by atoms with Gasteiger partial charge in [-0.15, -0.1) is 0 Å². The first-order valence-corrected chi connectivity index (χ1v) is 3.79. The minimum Gasteiger partial charge on any atom is -0.261 e. The third-order valence-electron chi connectivity index (χ3n) is 0.669. The van der Waals surface area contributed by atoms with Crippen LogP contribution in [0.2, 0.25) is 0 Å². The fraction of sp³-hybridized carbons (Fsp3) is 1.00. The van der Waals surface area contributed by atoms with Crippen molar-refractivity contribution in [2.24, 2.45) is 0 Å². The molecule has 0 atom stereocenters. The summed E-state index contributed by atoms with van der Waals surface area (Å²) in [5.74, 6) is 0. The zero-order valence-corrected chi connectivity index (χ0v) is 7.29. The second kappa shape index (κ2) is 5.09. The van der Waals surface area contributed by atoms with E-state index in [4.69, 9.17) is 0 Å². The van der Waals surface area contributed by atoms with Crippen LogP contribution < -0.4 is 4.72 Å². The standard InChI is InChI=1S/C3H6F3NO3S.Li/c1-10-11(8,9)7-2-3(4,5)6;/h7H,2H2,1H3;. The van der Waals surface area contributed by atoms with E-state index in [1.165, 1.54) is 4.72 Å². The van der Waals surface area contributed by atoms with E-state index < -0.39 is 23.0 Å². The first-order chi connectivity index (χ1) is 4.77. The predicted octanol–water partition coefficient (Wildman–Crippen LogP) is -0.351. The molecule has 0 unspecified atom stereocenters. The minimum absolute atomic E-state index is 0. The maximum atomic E-state index is 11.3. The molecule has 4 nitrogen and oxygen atoms in total. The molecule has 0 rings (SSSR count). The van der Waals surface area contributed by atoms with Gasteiger partial charge in [-0.2, -0.15) is 26.3 Å². The van der Waals surface area contributed by atoms with Crippen molar-refractivity contribution >= 4 is 29.2 Å². The molecule has 0 saturated heterocycles. The number of nitrogens with one attached hydrogen (secondary N) is 1. The molecular weight excluding hydrogens is 194 g/mol. The van der Waals surface area contributed by atoms with Crippen molar-refractivity contribution in [3.63, 3.8) is 0 Å². The maximum absolute atomic E-state index is 11.3. The van der Waals surface area contributed by atoms with Gasteiger partial charge in [0.1, 0.15) is 6.54 Å². The summed E-state index contributed by atoms with van der Waals surface area (Å²) in [5, 5.41) is 0. The fourth-order valence-electron chi connectivity index (χ4n) is 0.229. The van der Waals surface area contributed by atoms with Crippen LogP contribution in [0.25, 0.3) is 0 Å². The molecule has 0 aromatic heterocycles. The Bertz CT molecular complexity index is 213. The van der Waals surface area contributed by atoms with Crippen LogP contribution in [0.1, 0.15) is 0 Å². The summed E-state index contributed by atoms with van der Waals surface area (Å²) >= 11 is 0. The van der Waals surface area contributed by atoms with Gasteiger partial charge in [0.2, 0.25) is 0 Å². The zero-order valence-electron chi connectivity index (χ0n) is 6.47. The van der Waals surface area contributed by atoms with Gasteiger partial charge >= 0.3 is 16.5 Å². The Balaban J connectivity index is 0.